The molecule has 25 heavy (non-hydrogen) atoms. The summed E-state index contributed by atoms with van der Waals surface area (Å²) >= 11 is 1.72. The van der Waals surface area contributed by atoms with Crippen LogP contribution in [0.4, 0.5) is 11.4 Å². The minimum absolute atomic E-state index is 0. The number of nitrogen functional groups attached to an aromatic ring is 2. The van der Waals surface area contributed by atoms with Crippen molar-refractivity contribution in [3.8, 4) is 11.1 Å². The molecule has 1 atom stereocenters. The fourth-order valence-electron chi connectivity index (χ4n) is 2.91. The van der Waals surface area contributed by atoms with E-state index in [1.807, 2.05) is 18.2 Å². The highest BCUT2D eigenvalue weighted by atomic mass is 35.5. The van der Waals surface area contributed by atoms with E-state index in [-0.39, 0.29) is 24.8 Å². The minimum atomic E-state index is 0. The minimum Gasteiger partial charge on any atom is -0.399 e. The van der Waals surface area contributed by atoms with Gasteiger partial charge in [0.05, 0.1) is 0 Å². The van der Waals surface area contributed by atoms with Gasteiger partial charge < -0.3 is 16.8 Å². The van der Waals surface area contributed by atoms with Gasteiger partial charge in [0.15, 0.2) is 0 Å². The number of nitrogens with two attached hydrogens (primary N) is 2. The quantitative estimate of drug-likeness (QED) is 0.458. The summed E-state index contributed by atoms with van der Waals surface area (Å²) in [5.41, 5.74) is 17.2. The zero-order valence-electron chi connectivity index (χ0n) is 15.1. The van der Waals surface area contributed by atoms with E-state index in [1.54, 1.807) is 11.3 Å². The highest BCUT2D eigenvalue weighted by Crippen LogP contribution is 2.33. The zero-order valence-corrected chi connectivity index (χ0v) is 17.5. The number of anilines is 2. The summed E-state index contributed by atoms with van der Waals surface area (Å²) in [4.78, 5) is 0. The molecule has 1 aromatic heterocycles. The molecule has 0 saturated carbocycles. The van der Waals surface area contributed by atoms with Crippen molar-refractivity contribution in [1.29, 1.82) is 0 Å². The Balaban J connectivity index is 0.00000288. The molecule has 0 fully saturated rings. The third kappa shape index (κ3) is 7.06. The van der Waals surface area contributed by atoms with Crippen molar-refractivity contribution in [3.05, 3.63) is 34.5 Å². The summed E-state index contributed by atoms with van der Waals surface area (Å²) in [6, 6.07) is 6.32. The van der Waals surface area contributed by atoms with Crippen LogP contribution in [0, 0.1) is 0 Å². The largest absolute Gasteiger partial charge is 0.399 e. The molecule has 3 nitrogen and oxygen atoms in total. The molecule has 0 radical (unpaired) electrons. The average Bonchev–Trinajstić information content (AvgIpc) is 3.00. The first-order chi connectivity index (χ1) is 11.2. The Bertz CT molecular complexity index is 616. The summed E-state index contributed by atoms with van der Waals surface area (Å²) in [6.45, 7) is 5.40. The number of halogens is 2. The highest BCUT2D eigenvalue weighted by Gasteiger charge is 2.12. The molecule has 2 rings (SSSR count). The second-order valence-corrected chi connectivity index (χ2v) is 6.91. The smallest absolute Gasteiger partial charge is 0.0395 e. The number of thiophene rings is 1. The molecule has 1 heterocycles. The molecule has 6 heteroatoms. The lowest BCUT2D eigenvalue weighted by molar-refractivity contribution is 0.434. The van der Waals surface area contributed by atoms with Crippen LogP contribution in [-0.4, -0.2) is 6.04 Å². The molecule has 5 N–H and O–H groups in total. The monoisotopic (exact) mass is 403 g/mol. The summed E-state index contributed by atoms with van der Waals surface area (Å²) < 4.78 is 0. The molecule has 0 aliphatic carbocycles. The van der Waals surface area contributed by atoms with Crippen LogP contribution in [0.3, 0.4) is 0 Å². The number of hydrogen-bond donors (Lipinski definition) is 3. The molecule has 0 spiro atoms. The average molecular weight is 404 g/mol. The third-order valence-electron chi connectivity index (χ3n) is 4.23. The molecule has 1 aromatic carbocycles. The summed E-state index contributed by atoms with van der Waals surface area (Å²) in [7, 11) is 0. The van der Waals surface area contributed by atoms with E-state index in [0.717, 1.165) is 23.5 Å². The van der Waals surface area contributed by atoms with Gasteiger partial charge in [-0.1, -0.05) is 33.1 Å². The van der Waals surface area contributed by atoms with Crippen LogP contribution < -0.4 is 16.8 Å². The molecule has 0 bridgehead atoms. The van der Waals surface area contributed by atoms with Gasteiger partial charge in [-0.15, -0.1) is 24.8 Å². The Labute approximate surface area is 168 Å². The predicted molar refractivity (Wildman–Crippen MR) is 118 cm³/mol. The van der Waals surface area contributed by atoms with Crippen LogP contribution in [0.5, 0.6) is 0 Å². The van der Waals surface area contributed by atoms with E-state index < -0.39 is 0 Å². The number of nitrogens with one attached hydrogen (secondary N) is 1. The van der Waals surface area contributed by atoms with Crippen LogP contribution in [0.1, 0.15) is 51.5 Å². The number of hydrogen-bond acceptors (Lipinski definition) is 4. The van der Waals surface area contributed by atoms with Crippen molar-refractivity contribution in [2.45, 2.75) is 58.5 Å². The first-order valence-electron chi connectivity index (χ1n) is 8.59. The van der Waals surface area contributed by atoms with Crippen molar-refractivity contribution < 1.29 is 0 Å². The lowest BCUT2D eigenvalue weighted by Crippen LogP contribution is -2.28. The van der Waals surface area contributed by atoms with Gasteiger partial charge in [-0.05, 0) is 52.9 Å². The van der Waals surface area contributed by atoms with E-state index in [1.165, 1.54) is 43.2 Å². The third-order valence-corrected chi connectivity index (χ3v) is 5.03. The van der Waals surface area contributed by atoms with E-state index >= 15 is 0 Å². The van der Waals surface area contributed by atoms with Crippen molar-refractivity contribution >= 4 is 47.5 Å². The Morgan fingerprint density at radius 1 is 1.00 bits per heavy atom. The second-order valence-electron chi connectivity index (χ2n) is 6.17. The SMILES string of the molecule is CCCCC(CCC)NCc1cscc1-c1cc(N)ccc1N.Cl.Cl. The maximum atomic E-state index is 6.15. The fourth-order valence-corrected chi connectivity index (χ4v) is 3.76. The maximum Gasteiger partial charge on any atom is 0.0395 e. The van der Waals surface area contributed by atoms with Crippen molar-refractivity contribution in [1.82, 2.24) is 5.32 Å². The van der Waals surface area contributed by atoms with Gasteiger partial charge in [0, 0.05) is 29.5 Å². The lowest BCUT2D eigenvalue weighted by Gasteiger charge is -2.18. The van der Waals surface area contributed by atoms with Crippen LogP contribution in [0.25, 0.3) is 11.1 Å². The van der Waals surface area contributed by atoms with Crippen molar-refractivity contribution in [2.75, 3.05) is 11.5 Å². The Kier molecular flexibility index (Phi) is 12.0. The normalized spacial score (nSPS) is 11.4. The molecule has 0 saturated heterocycles. The van der Waals surface area contributed by atoms with Crippen LogP contribution in [0.15, 0.2) is 29.0 Å². The molecule has 142 valence electrons. The lowest BCUT2D eigenvalue weighted by atomic mass is 10.0. The van der Waals surface area contributed by atoms with Gasteiger partial charge in [0.1, 0.15) is 0 Å². The second kappa shape index (κ2) is 12.4. The van der Waals surface area contributed by atoms with E-state index in [2.05, 4.69) is 29.9 Å². The van der Waals surface area contributed by atoms with E-state index in [9.17, 15) is 0 Å². The van der Waals surface area contributed by atoms with Gasteiger partial charge in [0.2, 0.25) is 0 Å². The fraction of sp³-hybridized carbons (Fsp3) is 0.474. The van der Waals surface area contributed by atoms with Gasteiger partial charge in [-0.2, -0.15) is 11.3 Å². The molecule has 2 aromatic rings. The Morgan fingerprint density at radius 2 is 1.76 bits per heavy atom. The Morgan fingerprint density at radius 3 is 2.44 bits per heavy atom. The molecular weight excluding hydrogens is 373 g/mol. The van der Waals surface area contributed by atoms with Crippen LogP contribution in [0.2, 0.25) is 0 Å². The van der Waals surface area contributed by atoms with E-state index in [0.29, 0.717) is 6.04 Å². The van der Waals surface area contributed by atoms with Crippen molar-refractivity contribution in [3.63, 3.8) is 0 Å². The highest BCUT2D eigenvalue weighted by molar-refractivity contribution is 7.08. The molecule has 0 aliphatic rings. The predicted octanol–water partition coefficient (Wildman–Crippen LogP) is 5.87. The molecular formula is C19H31Cl2N3S. The zero-order chi connectivity index (χ0) is 16.7. The van der Waals surface area contributed by atoms with Crippen LogP contribution >= 0.6 is 36.2 Å². The number of rotatable bonds is 9. The first kappa shape index (κ1) is 24.1. The molecule has 0 amide bonds. The Hall–Kier alpha value is -0.940. The first-order valence-corrected chi connectivity index (χ1v) is 9.53. The topological polar surface area (TPSA) is 64.1 Å². The standard InChI is InChI=1S/C19H29N3S.2ClH/c1-3-5-7-16(6-4-2)22-11-14-12-23-13-18(14)17-10-15(20)8-9-19(17)21;;/h8-10,12-13,16,22H,3-7,11,20-21H2,1-2H3;2*1H. The van der Waals surface area contributed by atoms with Gasteiger partial charge >= 0.3 is 0 Å². The number of unbranched alkanes of at least 4 members (excludes halogenated alkanes) is 1. The van der Waals surface area contributed by atoms with E-state index in [4.69, 9.17) is 11.5 Å². The van der Waals surface area contributed by atoms with Gasteiger partial charge in [-0.3, -0.25) is 0 Å². The maximum absolute atomic E-state index is 6.15. The van der Waals surface area contributed by atoms with Crippen molar-refractivity contribution in [2.24, 2.45) is 0 Å². The van der Waals surface area contributed by atoms with Crippen LogP contribution in [-0.2, 0) is 6.54 Å². The van der Waals surface area contributed by atoms with Gasteiger partial charge in [0.25, 0.3) is 0 Å². The number of benzene rings is 1. The molecule has 1 unspecified atom stereocenters. The summed E-state index contributed by atoms with van der Waals surface area (Å²) in [5.74, 6) is 0. The summed E-state index contributed by atoms with van der Waals surface area (Å²) in [5, 5.41) is 8.12. The molecule has 0 aliphatic heterocycles. The summed E-state index contributed by atoms with van der Waals surface area (Å²) in [6.07, 6.45) is 6.26. The van der Waals surface area contributed by atoms with Gasteiger partial charge in [-0.25, -0.2) is 0 Å².